The van der Waals surface area contributed by atoms with E-state index in [0.29, 0.717) is 34.2 Å². The Morgan fingerprint density at radius 2 is 2.22 bits per heavy atom. The van der Waals surface area contributed by atoms with E-state index in [1.54, 1.807) is 16.8 Å². The van der Waals surface area contributed by atoms with Crippen molar-refractivity contribution in [2.45, 2.75) is 19.4 Å². The molecule has 1 fully saturated rings. The van der Waals surface area contributed by atoms with Crippen molar-refractivity contribution in [2.75, 3.05) is 5.73 Å². The maximum atomic E-state index is 8.96. The van der Waals surface area contributed by atoms with E-state index in [-0.39, 0.29) is 5.88 Å². The molecule has 0 atom stereocenters. The minimum absolute atomic E-state index is 0.283. The van der Waals surface area contributed by atoms with E-state index in [9.17, 15) is 0 Å². The highest BCUT2D eigenvalue weighted by Crippen LogP contribution is 2.35. The van der Waals surface area contributed by atoms with Gasteiger partial charge in [-0.1, -0.05) is 0 Å². The average Bonchev–Trinajstić information content (AvgIpc) is 3.31. The van der Waals surface area contributed by atoms with Crippen LogP contribution >= 0.6 is 0 Å². The van der Waals surface area contributed by atoms with Crippen molar-refractivity contribution >= 4 is 16.9 Å². The van der Waals surface area contributed by atoms with Crippen LogP contribution < -0.4 is 10.5 Å². The number of nitrogen functional groups attached to an aromatic ring is 1. The standard InChI is InChI=1S/C15H13N7O/c16-6-10-3-4-18-11(5-10)23-15-12-13(17)19-8-20-14(12)22(21-15)7-9-1-2-9/h3-5,8-9H,1-2,7H2,(H2,17,19,20). The van der Waals surface area contributed by atoms with Crippen LogP contribution in [-0.4, -0.2) is 24.7 Å². The fourth-order valence-electron chi connectivity index (χ4n) is 2.37. The van der Waals surface area contributed by atoms with Gasteiger partial charge in [0, 0.05) is 18.8 Å². The average molecular weight is 307 g/mol. The number of aromatic nitrogens is 5. The van der Waals surface area contributed by atoms with Gasteiger partial charge in [-0.2, -0.15) is 5.26 Å². The Morgan fingerprint density at radius 1 is 1.35 bits per heavy atom. The van der Waals surface area contributed by atoms with E-state index in [2.05, 4.69) is 20.1 Å². The van der Waals surface area contributed by atoms with E-state index in [4.69, 9.17) is 15.7 Å². The molecule has 0 radical (unpaired) electrons. The monoisotopic (exact) mass is 307 g/mol. The molecule has 8 nitrogen and oxygen atoms in total. The van der Waals surface area contributed by atoms with E-state index in [1.165, 1.54) is 25.4 Å². The maximum Gasteiger partial charge on any atom is 0.253 e. The smallest absolute Gasteiger partial charge is 0.253 e. The summed E-state index contributed by atoms with van der Waals surface area (Å²) in [6.07, 6.45) is 5.33. The highest BCUT2D eigenvalue weighted by atomic mass is 16.5. The Kier molecular flexibility index (Phi) is 3.05. The zero-order valence-electron chi connectivity index (χ0n) is 12.2. The molecular weight excluding hydrogens is 294 g/mol. The summed E-state index contributed by atoms with van der Waals surface area (Å²) >= 11 is 0. The Labute approximate surface area is 131 Å². The van der Waals surface area contributed by atoms with E-state index < -0.39 is 0 Å². The molecule has 114 valence electrons. The molecular formula is C15H13N7O. The number of rotatable bonds is 4. The summed E-state index contributed by atoms with van der Waals surface area (Å²) < 4.78 is 7.54. The third kappa shape index (κ3) is 2.53. The molecule has 1 aliphatic rings. The van der Waals surface area contributed by atoms with Crippen molar-refractivity contribution in [3.05, 3.63) is 30.2 Å². The van der Waals surface area contributed by atoms with Crippen LogP contribution in [0.5, 0.6) is 11.8 Å². The molecule has 0 saturated heterocycles. The summed E-state index contributed by atoms with van der Waals surface area (Å²) in [5, 5.41) is 14.0. The summed E-state index contributed by atoms with van der Waals surface area (Å²) in [7, 11) is 0. The first-order chi connectivity index (χ1) is 11.2. The van der Waals surface area contributed by atoms with Crippen LogP contribution in [0.1, 0.15) is 18.4 Å². The maximum absolute atomic E-state index is 8.96. The van der Waals surface area contributed by atoms with Gasteiger partial charge < -0.3 is 10.5 Å². The van der Waals surface area contributed by atoms with Crippen molar-refractivity contribution in [3.63, 3.8) is 0 Å². The highest BCUT2D eigenvalue weighted by Gasteiger charge is 2.25. The number of nitrogens with zero attached hydrogens (tertiary/aromatic N) is 6. The van der Waals surface area contributed by atoms with Gasteiger partial charge in [0.2, 0.25) is 5.88 Å². The molecule has 2 N–H and O–H groups in total. The SMILES string of the molecule is N#Cc1ccnc(Oc2nn(CC3CC3)c3ncnc(N)c23)c1. The van der Waals surface area contributed by atoms with Crippen LogP contribution in [0.25, 0.3) is 11.0 Å². The molecule has 8 heteroatoms. The third-order valence-corrected chi connectivity index (χ3v) is 3.72. The van der Waals surface area contributed by atoms with Crippen LogP contribution in [-0.2, 0) is 6.54 Å². The number of nitrogens with two attached hydrogens (primary N) is 1. The van der Waals surface area contributed by atoms with Gasteiger partial charge in [0.25, 0.3) is 5.88 Å². The summed E-state index contributed by atoms with van der Waals surface area (Å²) in [6, 6.07) is 5.20. The van der Waals surface area contributed by atoms with Crippen LogP contribution in [0.2, 0.25) is 0 Å². The van der Waals surface area contributed by atoms with E-state index >= 15 is 0 Å². The third-order valence-electron chi connectivity index (χ3n) is 3.72. The zero-order valence-corrected chi connectivity index (χ0v) is 12.2. The van der Waals surface area contributed by atoms with Gasteiger partial charge in [-0.25, -0.2) is 19.6 Å². The fraction of sp³-hybridized carbons (Fsp3) is 0.267. The molecule has 0 aliphatic heterocycles. The molecule has 0 bridgehead atoms. The summed E-state index contributed by atoms with van der Waals surface area (Å²) in [6.45, 7) is 0.780. The van der Waals surface area contributed by atoms with Crippen molar-refractivity contribution in [1.82, 2.24) is 24.7 Å². The van der Waals surface area contributed by atoms with Gasteiger partial charge in [0.1, 0.15) is 17.5 Å². The number of hydrogen-bond donors (Lipinski definition) is 1. The summed E-state index contributed by atoms with van der Waals surface area (Å²) in [5.74, 6) is 1.53. The van der Waals surface area contributed by atoms with Gasteiger partial charge >= 0.3 is 0 Å². The predicted octanol–water partition coefficient (Wildman–Crippen LogP) is 1.88. The van der Waals surface area contributed by atoms with E-state index in [0.717, 1.165) is 6.54 Å². The van der Waals surface area contributed by atoms with Crippen molar-refractivity contribution < 1.29 is 4.74 Å². The van der Waals surface area contributed by atoms with Gasteiger partial charge in [-0.3, -0.25) is 0 Å². The first-order valence-corrected chi connectivity index (χ1v) is 7.25. The first-order valence-electron chi connectivity index (χ1n) is 7.25. The molecule has 0 spiro atoms. The quantitative estimate of drug-likeness (QED) is 0.782. The molecule has 1 aliphatic carbocycles. The minimum Gasteiger partial charge on any atom is -0.418 e. The molecule has 0 aromatic carbocycles. The molecule has 0 amide bonds. The molecule has 1 saturated carbocycles. The van der Waals surface area contributed by atoms with Crippen LogP contribution in [0, 0.1) is 17.2 Å². The minimum atomic E-state index is 0.283. The Balaban J connectivity index is 1.77. The molecule has 23 heavy (non-hydrogen) atoms. The largest absolute Gasteiger partial charge is 0.418 e. The second-order valence-corrected chi connectivity index (χ2v) is 5.48. The van der Waals surface area contributed by atoms with Crippen LogP contribution in [0.3, 0.4) is 0 Å². The molecule has 0 unspecified atom stereocenters. The van der Waals surface area contributed by atoms with E-state index in [1.807, 2.05) is 6.07 Å². The summed E-state index contributed by atoms with van der Waals surface area (Å²) in [4.78, 5) is 12.4. The number of anilines is 1. The summed E-state index contributed by atoms with van der Waals surface area (Å²) in [5.41, 5.74) is 7.08. The first kappa shape index (κ1) is 13.5. The van der Waals surface area contributed by atoms with Crippen molar-refractivity contribution in [2.24, 2.45) is 5.92 Å². The second kappa shape index (κ2) is 5.21. The number of pyridine rings is 1. The topological polar surface area (TPSA) is 116 Å². The number of nitriles is 1. The Morgan fingerprint density at radius 3 is 3.00 bits per heavy atom. The van der Waals surface area contributed by atoms with Gasteiger partial charge in [-0.05, 0) is 24.8 Å². The highest BCUT2D eigenvalue weighted by molar-refractivity contribution is 5.90. The Bertz CT molecular complexity index is 923. The van der Waals surface area contributed by atoms with Crippen molar-refractivity contribution in [1.29, 1.82) is 5.26 Å². The second-order valence-electron chi connectivity index (χ2n) is 5.48. The number of fused-ring (bicyclic) bond motifs is 1. The lowest BCUT2D eigenvalue weighted by Gasteiger charge is -2.02. The molecule has 3 aromatic heterocycles. The normalized spacial score (nSPS) is 13.9. The lowest BCUT2D eigenvalue weighted by atomic mass is 10.3. The lowest BCUT2D eigenvalue weighted by Crippen LogP contribution is -2.03. The Hall–Kier alpha value is -3.21. The zero-order chi connectivity index (χ0) is 15.8. The van der Waals surface area contributed by atoms with Crippen LogP contribution in [0.15, 0.2) is 24.7 Å². The number of ether oxygens (including phenoxy) is 1. The molecule has 4 rings (SSSR count). The molecule has 3 aromatic rings. The molecule has 3 heterocycles. The van der Waals surface area contributed by atoms with Gasteiger partial charge in [0.15, 0.2) is 5.65 Å². The van der Waals surface area contributed by atoms with Crippen LogP contribution in [0.4, 0.5) is 5.82 Å². The predicted molar refractivity (Wildman–Crippen MR) is 81.5 cm³/mol. The van der Waals surface area contributed by atoms with Crippen molar-refractivity contribution in [3.8, 4) is 17.8 Å². The lowest BCUT2D eigenvalue weighted by molar-refractivity contribution is 0.432. The fourth-order valence-corrected chi connectivity index (χ4v) is 2.37. The number of hydrogen-bond acceptors (Lipinski definition) is 7. The van der Waals surface area contributed by atoms with Gasteiger partial charge in [0.05, 0.1) is 11.6 Å². The van der Waals surface area contributed by atoms with Gasteiger partial charge in [-0.15, -0.1) is 5.10 Å².